The van der Waals surface area contributed by atoms with Crippen LogP contribution in [0.5, 0.6) is 0 Å². The van der Waals surface area contributed by atoms with Gasteiger partial charge in [-0.05, 0) is 18.9 Å². The van der Waals surface area contributed by atoms with Crippen LogP contribution in [0.1, 0.15) is 13.8 Å². The molecular formula is C11H13N5O2S. The van der Waals surface area contributed by atoms with E-state index in [1.165, 1.54) is 0 Å². The van der Waals surface area contributed by atoms with Crippen molar-refractivity contribution in [3.63, 3.8) is 0 Å². The zero-order chi connectivity index (χ0) is 14.0. The second-order valence-electron chi connectivity index (χ2n) is 4.27. The van der Waals surface area contributed by atoms with Crippen LogP contribution in [-0.2, 0) is 0 Å². The average Bonchev–Trinajstić information content (AvgIpc) is 2.84. The molecule has 7 nitrogen and oxygen atoms in total. The number of guanidine groups is 1. The molecule has 2 rings (SSSR count). The van der Waals surface area contributed by atoms with Gasteiger partial charge in [-0.1, -0.05) is 35.6 Å². The first kappa shape index (κ1) is 13.5. The quantitative estimate of drug-likeness (QED) is 0.658. The van der Waals surface area contributed by atoms with Gasteiger partial charge in [0.25, 0.3) is 0 Å². The average molecular weight is 279 g/mol. The zero-order valence-corrected chi connectivity index (χ0v) is 11.4. The first-order valence-electron chi connectivity index (χ1n) is 5.65. The fraction of sp³-hybridized carbons (Fsp3) is 0.273. The van der Waals surface area contributed by atoms with E-state index >= 15 is 0 Å². The first-order valence-corrected chi connectivity index (χ1v) is 6.05. The van der Waals surface area contributed by atoms with Crippen LogP contribution in [0.2, 0.25) is 0 Å². The van der Waals surface area contributed by atoms with E-state index in [0.717, 1.165) is 5.69 Å². The predicted octanol–water partition coefficient (Wildman–Crippen LogP) is 1.54. The third-order valence-electron chi connectivity index (χ3n) is 2.88. The second-order valence-corrected chi connectivity index (χ2v) is 4.67. The number of amides is 1. The normalized spacial score (nSPS) is 21.6. The van der Waals surface area contributed by atoms with Crippen LogP contribution < -0.4 is 9.70 Å². The van der Waals surface area contributed by atoms with E-state index in [1.807, 2.05) is 44.2 Å². The Hall–Kier alpha value is -1.93. The van der Waals surface area contributed by atoms with Crippen LogP contribution in [0.15, 0.2) is 45.9 Å². The molecule has 0 saturated carbocycles. The number of benzene rings is 1. The van der Waals surface area contributed by atoms with Gasteiger partial charge in [-0.3, -0.25) is 0 Å². The van der Waals surface area contributed by atoms with Gasteiger partial charge in [0.15, 0.2) is 11.8 Å². The van der Waals surface area contributed by atoms with Crippen LogP contribution in [0.3, 0.4) is 0 Å². The predicted molar refractivity (Wildman–Crippen MR) is 71.9 cm³/mol. The molecule has 1 unspecified atom stereocenters. The number of nitrogens with zero attached hydrogens (tertiary/aromatic N) is 5. The van der Waals surface area contributed by atoms with E-state index in [-0.39, 0.29) is 16.6 Å². The lowest BCUT2D eigenvalue weighted by molar-refractivity contribution is -0.255. The molecule has 1 aromatic rings. The van der Waals surface area contributed by atoms with Crippen LogP contribution in [0.4, 0.5) is 10.5 Å². The fourth-order valence-electron chi connectivity index (χ4n) is 1.95. The fourth-order valence-corrected chi connectivity index (χ4v) is 2.13. The van der Waals surface area contributed by atoms with Crippen molar-refractivity contribution >= 4 is 30.6 Å². The summed E-state index contributed by atoms with van der Waals surface area (Å²) < 4.78 is 0.464. The number of carbonyl (C=O) groups is 1. The van der Waals surface area contributed by atoms with Gasteiger partial charge in [-0.15, -0.1) is 0 Å². The van der Waals surface area contributed by atoms with Crippen molar-refractivity contribution < 1.29 is 9.90 Å². The molecule has 100 valence electrons. The number of carboxylic acid groups (broad SMARTS) is 1. The highest BCUT2D eigenvalue weighted by atomic mass is 32.1. The molecule has 0 spiro atoms. The second kappa shape index (κ2) is 4.98. The van der Waals surface area contributed by atoms with E-state index in [1.54, 1.807) is 0 Å². The minimum atomic E-state index is -1.48. The molecule has 19 heavy (non-hydrogen) atoms. The molecule has 0 radical (unpaired) electrons. The summed E-state index contributed by atoms with van der Waals surface area (Å²) in [7, 11) is 0. The molecule has 8 heteroatoms. The van der Waals surface area contributed by atoms with Gasteiger partial charge in [-0.25, -0.2) is 4.31 Å². The van der Waals surface area contributed by atoms with Gasteiger partial charge < -0.3 is 9.90 Å². The number of para-hydroxylation sites is 1. The summed E-state index contributed by atoms with van der Waals surface area (Å²) in [4.78, 5) is 11.0. The van der Waals surface area contributed by atoms with Gasteiger partial charge in [-0.2, -0.15) is 0 Å². The molecule has 0 aromatic heterocycles. The summed E-state index contributed by atoms with van der Waals surface area (Å²) in [5, 5.41) is 22.5. The SMILES string of the molecule is CC(C)[N+]1(c2ccccc2)N=NN=C1N(S)C(=O)[O-]. The summed E-state index contributed by atoms with van der Waals surface area (Å²) in [5.41, 5.74) is 0.748. The highest BCUT2D eigenvalue weighted by Gasteiger charge is 2.48. The molecular weight excluding hydrogens is 266 g/mol. The van der Waals surface area contributed by atoms with Gasteiger partial charge in [0, 0.05) is 17.4 Å². The minimum absolute atomic E-state index is 0.0736. The van der Waals surface area contributed by atoms with Gasteiger partial charge in [0.05, 0.1) is 5.22 Å². The molecule has 0 N–H and O–H groups in total. The van der Waals surface area contributed by atoms with E-state index in [9.17, 15) is 9.90 Å². The number of carbonyl (C=O) groups excluding carboxylic acids is 1. The van der Waals surface area contributed by atoms with E-state index < -0.39 is 6.09 Å². The molecule has 0 fully saturated rings. The van der Waals surface area contributed by atoms with Crippen LogP contribution in [0.25, 0.3) is 0 Å². The van der Waals surface area contributed by atoms with Gasteiger partial charge in [0.1, 0.15) is 6.04 Å². The Labute approximate surface area is 116 Å². The standard InChI is InChI=1S/C11H13N5O2S/c1-8(2)16(9-6-4-3-5-7-9)10(12-13-14-16)15(19)11(17)18/h3-8,19H,1-2H3. The Kier molecular flexibility index (Phi) is 3.54. The maximum atomic E-state index is 11.0. The number of hydrogen-bond donors (Lipinski definition) is 1. The minimum Gasteiger partial charge on any atom is -0.529 e. The smallest absolute Gasteiger partial charge is 0.375 e. The summed E-state index contributed by atoms with van der Waals surface area (Å²) in [6.45, 7) is 3.79. The van der Waals surface area contributed by atoms with E-state index in [4.69, 9.17) is 0 Å². The van der Waals surface area contributed by atoms with Crippen molar-refractivity contribution in [2.24, 2.45) is 15.5 Å². The number of rotatable bonds is 2. The summed E-state index contributed by atoms with van der Waals surface area (Å²) in [5.74, 6) is 0.0736. The molecule has 0 aliphatic carbocycles. The topological polar surface area (TPSA) is 80.5 Å². The lowest BCUT2D eigenvalue weighted by Crippen LogP contribution is -2.59. The van der Waals surface area contributed by atoms with Crippen molar-refractivity contribution in [3.8, 4) is 0 Å². The number of quaternary nitrogens is 1. The zero-order valence-electron chi connectivity index (χ0n) is 10.5. The summed E-state index contributed by atoms with van der Waals surface area (Å²) in [6.07, 6.45) is -1.48. The summed E-state index contributed by atoms with van der Waals surface area (Å²) >= 11 is 3.88. The molecule has 1 amide bonds. The first-order chi connectivity index (χ1) is 9.00. The molecule has 1 aliphatic rings. The Balaban J connectivity index is 2.55. The Bertz CT molecular complexity index is 545. The maximum Gasteiger partial charge on any atom is 0.375 e. The lowest BCUT2D eigenvalue weighted by Gasteiger charge is -2.33. The molecule has 0 bridgehead atoms. The van der Waals surface area contributed by atoms with E-state index in [2.05, 4.69) is 28.4 Å². The third kappa shape index (κ3) is 2.08. The lowest BCUT2D eigenvalue weighted by atomic mass is 10.2. The van der Waals surface area contributed by atoms with E-state index in [0.29, 0.717) is 4.31 Å². The van der Waals surface area contributed by atoms with Crippen molar-refractivity contribution in [1.29, 1.82) is 0 Å². The molecule has 1 aliphatic heterocycles. The molecule has 1 heterocycles. The van der Waals surface area contributed by atoms with Gasteiger partial charge >= 0.3 is 5.96 Å². The van der Waals surface area contributed by atoms with Crippen LogP contribution in [0, 0.1) is 0 Å². The highest BCUT2D eigenvalue weighted by Crippen LogP contribution is 2.33. The number of thiol groups is 1. The largest absolute Gasteiger partial charge is 0.529 e. The van der Waals surface area contributed by atoms with Crippen molar-refractivity contribution in [2.45, 2.75) is 19.9 Å². The Morgan fingerprint density at radius 3 is 2.53 bits per heavy atom. The Morgan fingerprint density at radius 1 is 1.37 bits per heavy atom. The van der Waals surface area contributed by atoms with Crippen molar-refractivity contribution in [3.05, 3.63) is 30.3 Å². The summed E-state index contributed by atoms with van der Waals surface area (Å²) in [6, 6.07) is 9.09. The third-order valence-corrected chi connectivity index (χ3v) is 3.22. The maximum absolute atomic E-state index is 11.0. The monoisotopic (exact) mass is 279 g/mol. The molecule has 1 aromatic carbocycles. The number of hydrogen-bond acceptors (Lipinski definition) is 6. The van der Waals surface area contributed by atoms with Crippen molar-refractivity contribution in [2.75, 3.05) is 0 Å². The van der Waals surface area contributed by atoms with Gasteiger partial charge in [0.2, 0.25) is 0 Å². The molecule has 1 atom stereocenters. The highest BCUT2D eigenvalue weighted by molar-refractivity contribution is 7.79. The van der Waals surface area contributed by atoms with Crippen LogP contribution >= 0.6 is 12.8 Å². The van der Waals surface area contributed by atoms with Crippen LogP contribution in [-0.4, -0.2) is 22.4 Å². The molecule has 0 saturated heterocycles. The van der Waals surface area contributed by atoms with Crippen molar-refractivity contribution in [1.82, 2.24) is 8.90 Å². The Morgan fingerprint density at radius 2 is 2.00 bits per heavy atom.